The Kier molecular flexibility index (Phi) is 4.06. The molecule has 0 bridgehead atoms. The maximum Gasteiger partial charge on any atom is 0.213 e. The first kappa shape index (κ1) is 12.0. The summed E-state index contributed by atoms with van der Waals surface area (Å²) < 4.78 is 5.59. The van der Waals surface area contributed by atoms with Crippen molar-refractivity contribution in [3.63, 3.8) is 0 Å². The third kappa shape index (κ3) is 3.25. The Hall–Kier alpha value is -1.46. The molecule has 0 atom stereocenters. The van der Waals surface area contributed by atoms with Crippen LogP contribution in [0.1, 0.15) is 16.1 Å². The largest absolute Gasteiger partial charge is 0.477 e. The summed E-state index contributed by atoms with van der Waals surface area (Å²) in [6.45, 7) is 3.13. The highest BCUT2D eigenvalue weighted by molar-refractivity contribution is 7.09. The zero-order valence-electron chi connectivity index (χ0n) is 9.72. The number of thiazole rings is 1. The van der Waals surface area contributed by atoms with Gasteiger partial charge in [-0.2, -0.15) is 0 Å². The van der Waals surface area contributed by atoms with Crippen LogP contribution in [0, 0.1) is 6.92 Å². The van der Waals surface area contributed by atoms with Gasteiger partial charge in [0.15, 0.2) is 0 Å². The van der Waals surface area contributed by atoms with E-state index in [0.29, 0.717) is 19.0 Å². The van der Waals surface area contributed by atoms with Crippen LogP contribution in [0.5, 0.6) is 5.88 Å². The predicted molar refractivity (Wildman–Crippen MR) is 68.2 cm³/mol. The zero-order chi connectivity index (χ0) is 12.1. The number of hydrogen-bond acceptors (Lipinski definition) is 5. The Bertz CT molecular complexity index is 484. The summed E-state index contributed by atoms with van der Waals surface area (Å²) in [5.41, 5.74) is 9.53. The van der Waals surface area contributed by atoms with E-state index in [1.54, 1.807) is 17.5 Å². The Morgan fingerprint density at radius 3 is 3.00 bits per heavy atom. The van der Waals surface area contributed by atoms with E-state index in [9.17, 15) is 0 Å². The van der Waals surface area contributed by atoms with E-state index in [2.05, 4.69) is 9.97 Å². The highest BCUT2D eigenvalue weighted by Gasteiger charge is 2.02. The molecule has 0 unspecified atom stereocenters. The lowest BCUT2D eigenvalue weighted by Gasteiger charge is -2.05. The molecule has 2 aromatic rings. The third-order valence-corrected chi connectivity index (χ3v) is 3.45. The minimum atomic E-state index is 0.507. The van der Waals surface area contributed by atoms with Crippen molar-refractivity contribution in [3.8, 4) is 5.88 Å². The number of hydrogen-bond donors (Lipinski definition) is 1. The van der Waals surface area contributed by atoms with Crippen LogP contribution in [-0.2, 0) is 13.0 Å². The zero-order valence-corrected chi connectivity index (χ0v) is 10.5. The Morgan fingerprint density at radius 2 is 2.29 bits per heavy atom. The molecule has 0 aliphatic heterocycles. The van der Waals surface area contributed by atoms with Crippen LogP contribution in [0.15, 0.2) is 23.8 Å². The summed E-state index contributed by atoms with van der Waals surface area (Å²) in [5.74, 6) is 0.634. The average Bonchev–Trinajstić information content (AvgIpc) is 2.76. The number of ether oxygens (including phenoxy) is 1. The van der Waals surface area contributed by atoms with Gasteiger partial charge in [-0.15, -0.1) is 11.3 Å². The standard InChI is InChI=1S/C12H15N3OS/c1-9-11(17-8-15-9)3-5-16-12-6-10(7-13)2-4-14-12/h2,4,6,8H,3,5,7,13H2,1H3. The fourth-order valence-corrected chi connectivity index (χ4v) is 2.23. The van der Waals surface area contributed by atoms with Gasteiger partial charge in [0.05, 0.1) is 17.8 Å². The van der Waals surface area contributed by atoms with E-state index in [4.69, 9.17) is 10.5 Å². The second-order valence-corrected chi connectivity index (χ2v) is 4.61. The second kappa shape index (κ2) is 5.75. The van der Waals surface area contributed by atoms with Gasteiger partial charge in [-0.05, 0) is 18.6 Å². The summed E-state index contributed by atoms with van der Waals surface area (Å²) in [5, 5.41) is 0. The number of nitrogens with two attached hydrogens (primary N) is 1. The van der Waals surface area contributed by atoms with Crippen LogP contribution in [0.25, 0.3) is 0 Å². The van der Waals surface area contributed by atoms with Crippen molar-refractivity contribution in [2.75, 3.05) is 6.61 Å². The van der Waals surface area contributed by atoms with Gasteiger partial charge in [-0.1, -0.05) is 0 Å². The molecule has 0 spiro atoms. The van der Waals surface area contributed by atoms with E-state index in [0.717, 1.165) is 17.7 Å². The fourth-order valence-electron chi connectivity index (χ4n) is 1.47. The first-order valence-corrected chi connectivity index (χ1v) is 6.34. The maximum atomic E-state index is 5.59. The van der Waals surface area contributed by atoms with Crippen LogP contribution in [0.3, 0.4) is 0 Å². The summed E-state index contributed by atoms with van der Waals surface area (Å²) in [6, 6.07) is 3.76. The molecule has 0 fully saturated rings. The Labute approximate surface area is 104 Å². The fraction of sp³-hybridized carbons (Fsp3) is 0.333. The van der Waals surface area contributed by atoms with E-state index >= 15 is 0 Å². The van der Waals surface area contributed by atoms with Crippen molar-refractivity contribution in [2.24, 2.45) is 5.73 Å². The van der Waals surface area contributed by atoms with Gasteiger partial charge in [-0.3, -0.25) is 0 Å². The number of nitrogens with zero attached hydrogens (tertiary/aromatic N) is 2. The SMILES string of the molecule is Cc1ncsc1CCOc1cc(CN)ccn1. The molecule has 2 rings (SSSR count). The van der Waals surface area contributed by atoms with Crippen molar-refractivity contribution in [1.82, 2.24) is 9.97 Å². The van der Waals surface area contributed by atoms with Crippen molar-refractivity contribution in [2.45, 2.75) is 19.9 Å². The highest BCUT2D eigenvalue weighted by atomic mass is 32.1. The van der Waals surface area contributed by atoms with Crippen molar-refractivity contribution in [3.05, 3.63) is 40.0 Å². The minimum Gasteiger partial charge on any atom is -0.477 e. The van der Waals surface area contributed by atoms with Crippen LogP contribution in [0.2, 0.25) is 0 Å². The lowest BCUT2D eigenvalue weighted by molar-refractivity contribution is 0.310. The molecule has 0 radical (unpaired) electrons. The van der Waals surface area contributed by atoms with Crippen LogP contribution in [-0.4, -0.2) is 16.6 Å². The van der Waals surface area contributed by atoms with Gasteiger partial charge in [0.2, 0.25) is 5.88 Å². The molecule has 0 amide bonds. The first-order chi connectivity index (χ1) is 8.29. The molecule has 4 nitrogen and oxygen atoms in total. The van der Waals surface area contributed by atoms with E-state index in [1.807, 2.05) is 24.6 Å². The third-order valence-electron chi connectivity index (χ3n) is 2.46. The Morgan fingerprint density at radius 1 is 1.41 bits per heavy atom. The highest BCUT2D eigenvalue weighted by Crippen LogP contribution is 2.14. The maximum absolute atomic E-state index is 5.59. The quantitative estimate of drug-likeness (QED) is 0.879. The summed E-state index contributed by atoms with van der Waals surface area (Å²) in [6.07, 6.45) is 2.58. The molecule has 0 saturated carbocycles. The summed E-state index contributed by atoms with van der Waals surface area (Å²) in [4.78, 5) is 9.60. The van der Waals surface area contributed by atoms with Gasteiger partial charge in [0, 0.05) is 30.1 Å². The second-order valence-electron chi connectivity index (χ2n) is 3.67. The molecule has 90 valence electrons. The molecule has 17 heavy (non-hydrogen) atoms. The van der Waals surface area contributed by atoms with Gasteiger partial charge in [0.1, 0.15) is 0 Å². The van der Waals surface area contributed by atoms with E-state index in [1.165, 1.54) is 4.88 Å². The molecule has 0 aliphatic carbocycles. The molecule has 5 heteroatoms. The lowest BCUT2D eigenvalue weighted by Crippen LogP contribution is -2.04. The van der Waals surface area contributed by atoms with E-state index in [-0.39, 0.29) is 0 Å². The molecule has 2 heterocycles. The molecule has 0 saturated heterocycles. The monoisotopic (exact) mass is 249 g/mol. The average molecular weight is 249 g/mol. The van der Waals surface area contributed by atoms with Crippen molar-refractivity contribution >= 4 is 11.3 Å². The number of rotatable bonds is 5. The van der Waals surface area contributed by atoms with Gasteiger partial charge < -0.3 is 10.5 Å². The number of aryl methyl sites for hydroxylation is 1. The van der Waals surface area contributed by atoms with Gasteiger partial charge in [-0.25, -0.2) is 9.97 Å². The van der Waals surface area contributed by atoms with Crippen molar-refractivity contribution in [1.29, 1.82) is 0 Å². The molecule has 2 aromatic heterocycles. The summed E-state index contributed by atoms with van der Waals surface area (Å²) in [7, 11) is 0. The molecular weight excluding hydrogens is 234 g/mol. The van der Waals surface area contributed by atoms with Crippen molar-refractivity contribution < 1.29 is 4.74 Å². The molecule has 0 aliphatic rings. The molecule has 2 N–H and O–H groups in total. The number of pyridine rings is 1. The van der Waals surface area contributed by atoms with E-state index < -0.39 is 0 Å². The number of aromatic nitrogens is 2. The van der Waals surface area contributed by atoms with Gasteiger partial charge in [0.25, 0.3) is 0 Å². The van der Waals surface area contributed by atoms with Gasteiger partial charge >= 0.3 is 0 Å². The lowest BCUT2D eigenvalue weighted by atomic mass is 10.3. The normalized spacial score (nSPS) is 10.5. The van der Waals surface area contributed by atoms with Crippen LogP contribution < -0.4 is 10.5 Å². The Balaban J connectivity index is 1.87. The van der Waals surface area contributed by atoms with Crippen LogP contribution in [0.4, 0.5) is 0 Å². The molecular formula is C12H15N3OS. The minimum absolute atomic E-state index is 0.507. The molecule has 0 aromatic carbocycles. The predicted octanol–water partition coefficient (Wildman–Crippen LogP) is 1.93. The first-order valence-electron chi connectivity index (χ1n) is 5.46. The summed E-state index contributed by atoms with van der Waals surface area (Å²) >= 11 is 1.66. The van der Waals surface area contributed by atoms with Crippen LogP contribution >= 0.6 is 11.3 Å². The topological polar surface area (TPSA) is 61.0 Å². The smallest absolute Gasteiger partial charge is 0.213 e.